The van der Waals surface area contributed by atoms with Crippen LogP contribution in [0.2, 0.25) is 10.0 Å². The van der Waals surface area contributed by atoms with Crippen LogP contribution in [-0.4, -0.2) is 19.7 Å². The largest absolute Gasteiger partial charge is 0.354 e. The first kappa shape index (κ1) is 16.1. The quantitative estimate of drug-likeness (QED) is 0.730. The summed E-state index contributed by atoms with van der Waals surface area (Å²) in [5.74, 6) is 0. The number of fused-ring (bicyclic) bond motifs is 1. The lowest BCUT2D eigenvalue weighted by Gasteiger charge is -2.12. The maximum absolute atomic E-state index is 11.8. The van der Waals surface area contributed by atoms with Gasteiger partial charge < -0.3 is 5.32 Å². The maximum atomic E-state index is 11.8. The zero-order chi connectivity index (χ0) is 16.6. The molecule has 0 fully saturated rings. The van der Waals surface area contributed by atoms with Crippen molar-refractivity contribution < 1.29 is 8.42 Å². The van der Waals surface area contributed by atoms with Crippen molar-refractivity contribution in [3.05, 3.63) is 58.7 Å². The molecule has 0 unspecified atom stereocenters. The highest BCUT2D eigenvalue weighted by atomic mass is 35.5. The summed E-state index contributed by atoms with van der Waals surface area (Å²) in [6.07, 6.45) is 2.82. The van der Waals surface area contributed by atoms with Gasteiger partial charge >= 0.3 is 0 Å². The first-order chi connectivity index (χ1) is 10.8. The molecule has 0 aliphatic carbocycles. The van der Waals surface area contributed by atoms with E-state index in [0.717, 1.165) is 0 Å². The number of rotatable bonds is 3. The van der Waals surface area contributed by atoms with Gasteiger partial charge in [-0.2, -0.15) is 0 Å². The standard InChI is InChI=1S/C16H12Cl2N2O2S/c1-23(21,22)11-3-5-14-12(9-11)15(6-7-19-14)20-16-4-2-10(17)8-13(16)18/h2-9H,1H3,(H,19,20). The number of benzene rings is 2. The van der Waals surface area contributed by atoms with Crippen LogP contribution < -0.4 is 5.32 Å². The first-order valence-corrected chi connectivity index (χ1v) is 9.30. The Morgan fingerprint density at radius 1 is 1.00 bits per heavy atom. The number of sulfone groups is 1. The Bertz CT molecular complexity index is 1000. The summed E-state index contributed by atoms with van der Waals surface area (Å²) in [5.41, 5.74) is 2.07. The Kier molecular flexibility index (Phi) is 4.19. The fraction of sp³-hybridized carbons (Fsp3) is 0.0625. The number of halogens is 2. The van der Waals surface area contributed by atoms with Crippen LogP contribution in [0.25, 0.3) is 10.9 Å². The summed E-state index contributed by atoms with van der Waals surface area (Å²) in [6, 6.07) is 11.7. The molecule has 0 amide bonds. The third-order valence-electron chi connectivity index (χ3n) is 3.34. The van der Waals surface area contributed by atoms with Gasteiger partial charge in [-0.15, -0.1) is 0 Å². The normalized spacial score (nSPS) is 11.6. The van der Waals surface area contributed by atoms with Crippen LogP contribution in [0.1, 0.15) is 0 Å². The van der Waals surface area contributed by atoms with E-state index < -0.39 is 9.84 Å². The van der Waals surface area contributed by atoms with E-state index in [9.17, 15) is 8.42 Å². The van der Waals surface area contributed by atoms with Crippen molar-refractivity contribution in [2.24, 2.45) is 0 Å². The second kappa shape index (κ2) is 6.00. The molecular formula is C16H12Cl2N2O2S. The van der Waals surface area contributed by atoms with Gasteiger partial charge in [0.15, 0.2) is 9.84 Å². The fourth-order valence-electron chi connectivity index (χ4n) is 2.20. The van der Waals surface area contributed by atoms with Gasteiger partial charge in [0.1, 0.15) is 0 Å². The van der Waals surface area contributed by atoms with Gasteiger partial charge in [0.25, 0.3) is 0 Å². The molecule has 23 heavy (non-hydrogen) atoms. The van der Waals surface area contributed by atoms with Crippen LogP contribution in [0, 0.1) is 0 Å². The van der Waals surface area contributed by atoms with E-state index >= 15 is 0 Å². The van der Waals surface area contributed by atoms with Gasteiger partial charge in [-0.25, -0.2) is 8.42 Å². The SMILES string of the molecule is CS(=O)(=O)c1ccc2nccc(Nc3ccc(Cl)cc3Cl)c2c1. The molecule has 3 aromatic rings. The van der Waals surface area contributed by atoms with Crippen molar-refractivity contribution in [1.82, 2.24) is 4.98 Å². The van der Waals surface area contributed by atoms with Crippen LogP contribution in [0.5, 0.6) is 0 Å². The van der Waals surface area contributed by atoms with Crippen LogP contribution >= 0.6 is 23.2 Å². The summed E-state index contributed by atoms with van der Waals surface area (Å²) >= 11 is 12.1. The molecule has 0 saturated carbocycles. The predicted octanol–water partition coefficient (Wildman–Crippen LogP) is 4.69. The van der Waals surface area contributed by atoms with Gasteiger partial charge in [0.2, 0.25) is 0 Å². The fourth-order valence-corrected chi connectivity index (χ4v) is 3.30. The predicted molar refractivity (Wildman–Crippen MR) is 94.6 cm³/mol. The number of aromatic nitrogens is 1. The van der Waals surface area contributed by atoms with Crippen LogP contribution in [0.15, 0.2) is 53.6 Å². The van der Waals surface area contributed by atoms with E-state index in [1.165, 1.54) is 6.26 Å². The van der Waals surface area contributed by atoms with E-state index in [2.05, 4.69) is 10.3 Å². The van der Waals surface area contributed by atoms with Gasteiger partial charge in [0.05, 0.1) is 21.1 Å². The number of hydrogen-bond acceptors (Lipinski definition) is 4. The van der Waals surface area contributed by atoms with E-state index in [1.54, 1.807) is 48.7 Å². The third-order valence-corrected chi connectivity index (χ3v) is 5.00. The summed E-state index contributed by atoms with van der Waals surface area (Å²) < 4.78 is 23.5. The smallest absolute Gasteiger partial charge is 0.175 e. The minimum atomic E-state index is -3.30. The Morgan fingerprint density at radius 3 is 2.48 bits per heavy atom. The number of nitrogens with one attached hydrogen (secondary N) is 1. The molecule has 0 aliphatic heterocycles. The number of hydrogen-bond donors (Lipinski definition) is 1. The van der Waals surface area contributed by atoms with E-state index in [-0.39, 0.29) is 4.90 Å². The molecular weight excluding hydrogens is 355 g/mol. The molecule has 4 nitrogen and oxygen atoms in total. The van der Waals surface area contributed by atoms with Crippen LogP contribution in [-0.2, 0) is 9.84 Å². The number of pyridine rings is 1. The average molecular weight is 367 g/mol. The Morgan fingerprint density at radius 2 is 1.78 bits per heavy atom. The highest BCUT2D eigenvalue weighted by molar-refractivity contribution is 7.90. The topological polar surface area (TPSA) is 59.1 Å². The molecule has 1 heterocycles. The second-order valence-corrected chi connectivity index (χ2v) is 7.92. The Labute approximate surface area is 144 Å². The van der Waals surface area contributed by atoms with Gasteiger partial charge in [-0.05, 0) is 42.5 Å². The molecule has 7 heteroatoms. The van der Waals surface area contributed by atoms with E-state index in [4.69, 9.17) is 23.2 Å². The molecule has 2 aromatic carbocycles. The second-order valence-electron chi connectivity index (χ2n) is 5.06. The average Bonchev–Trinajstić information content (AvgIpc) is 2.49. The molecule has 1 N–H and O–H groups in total. The van der Waals surface area contributed by atoms with Crippen molar-refractivity contribution in [2.75, 3.05) is 11.6 Å². The minimum absolute atomic E-state index is 0.239. The van der Waals surface area contributed by atoms with Crippen LogP contribution in [0.3, 0.4) is 0 Å². The molecule has 3 rings (SSSR count). The zero-order valence-corrected chi connectivity index (χ0v) is 14.4. The molecule has 1 aromatic heterocycles. The first-order valence-electron chi connectivity index (χ1n) is 6.65. The van der Waals surface area contributed by atoms with Crippen molar-refractivity contribution >= 4 is 55.3 Å². The number of anilines is 2. The summed E-state index contributed by atoms with van der Waals surface area (Å²) in [4.78, 5) is 4.49. The minimum Gasteiger partial charge on any atom is -0.354 e. The lowest BCUT2D eigenvalue weighted by molar-refractivity contribution is 0.602. The van der Waals surface area contributed by atoms with Crippen molar-refractivity contribution in [2.45, 2.75) is 4.90 Å². The molecule has 0 spiro atoms. The molecule has 0 atom stereocenters. The lowest BCUT2D eigenvalue weighted by atomic mass is 10.2. The Hall–Kier alpha value is -1.82. The van der Waals surface area contributed by atoms with Gasteiger partial charge in [0, 0.05) is 28.5 Å². The van der Waals surface area contributed by atoms with Crippen molar-refractivity contribution in [3.63, 3.8) is 0 Å². The van der Waals surface area contributed by atoms with E-state index in [1.807, 2.05) is 0 Å². The monoisotopic (exact) mass is 366 g/mol. The highest BCUT2D eigenvalue weighted by Gasteiger charge is 2.11. The zero-order valence-electron chi connectivity index (χ0n) is 12.0. The third kappa shape index (κ3) is 3.42. The summed E-state index contributed by atoms with van der Waals surface area (Å²) in [5, 5.41) is 4.91. The molecule has 0 bridgehead atoms. The molecule has 0 radical (unpaired) electrons. The lowest BCUT2D eigenvalue weighted by Crippen LogP contribution is -1.98. The van der Waals surface area contributed by atoms with E-state index in [0.29, 0.717) is 32.3 Å². The van der Waals surface area contributed by atoms with Crippen molar-refractivity contribution in [3.8, 4) is 0 Å². The van der Waals surface area contributed by atoms with Crippen LogP contribution in [0.4, 0.5) is 11.4 Å². The molecule has 0 aliphatic rings. The van der Waals surface area contributed by atoms with Crippen molar-refractivity contribution in [1.29, 1.82) is 0 Å². The van der Waals surface area contributed by atoms with Gasteiger partial charge in [-0.1, -0.05) is 23.2 Å². The molecule has 118 valence electrons. The van der Waals surface area contributed by atoms with Gasteiger partial charge in [-0.3, -0.25) is 4.98 Å². The molecule has 0 saturated heterocycles. The Balaban J connectivity index is 2.13. The summed E-state index contributed by atoms with van der Waals surface area (Å²) in [7, 11) is -3.30. The summed E-state index contributed by atoms with van der Waals surface area (Å²) in [6.45, 7) is 0. The maximum Gasteiger partial charge on any atom is 0.175 e. The highest BCUT2D eigenvalue weighted by Crippen LogP contribution is 2.31. The number of nitrogens with zero attached hydrogens (tertiary/aromatic N) is 1.